The molecule has 1 N–H and O–H groups in total. The Bertz CT molecular complexity index is 1100. The molecule has 1 unspecified atom stereocenters. The number of unbranched alkanes of at least 4 members (excludes halogenated alkanes) is 1. The van der Waals surface area contributed by atoms with Crippen molar-refractivity contribution >= 4 is 11.6 Å². The second-order valence-electron chi connectivity index (χ2n) is 10.7. The van der Waals surface area contributed by atoms with Crippen LogP contribution in [0.1, 0.15) is 65.1 Å². The summed E-state index contributed by atoms with van der Waals surface area (Å²) in [5.41, 5.74) is 5.35. The third-order valence-electron chi connectivity index (χ3n) is 8.14. The van der Waals surface area contributed by atoms with E-state index in [-0.39, 0.29) is 11.7 Å². The van der Waals surface area contributed by atoms with Crippen molar-refractivity contribution in [3.05, 3.63) is 58.4 Å². The van der Waals surface area contributed by atoms with E-state index in [1.165, 1.54) is 18.9 Å². The lowest BCUT2D eigenvalue weighted by Crippen LogP contribution is -2.45. The van der Waals surface area contributed by atoms with Crippen LogP contribution in [0.15, 0.2) is 30.3 Å². The first-order valence-electron chi connectivity index (χ1n) is 12.9. The van der Waals surface area contributed by atoms with Gasteiger partial charge >= 0.3 is 0 Å². The number of ether oxygens (including phenoxy) is 1. The number of carbonyl (C=O) groups excluding carboxylic acids is 1. The first-order valence-corrected chi connectivity index (χ1v) is 12.9. The summed E-state index contributed by atoms with van der Waals surface area (Å²) in [7, 11) is 1.88. The molecule has 0 radical (unpaired) electrons. The molecule has 34 heavy (non-hydrogen) atoms. The summed E-state index contributed by atoms with van der Waals surface area (Å²) in [6.07, 6.45) is 6.89. The fourth-order valence-electron chi connectivity index (χ4n) is 6.04. The molecule has 6 rings (SSSR count). The smallest absolute Gasteiger partial charge is 0.254 e. The molecule has 0 spiro atoms. The number of amides is 1. The van der Waals surface area contributed by atoms with E-state index in [4.69, 9.17) is 4.74 Å². The Morgan fingerprint density at radius 2 is 2.09 bits per heavy atom. The van der Waals surface area contributed by atoms with Crippen LogP contribution in [0.25, 0.3) is 0 Å². The highest BCUT2D eigenvalue weighted by molar-refractivity contribution is 6.00. The molecule has 4 aliphatic rings. The van der Waals surface area contributed by atoms with Gasteiger partial charge in [-0.2, -0.15) is 0 Å². The van der Waals surface area contributed by atoms with Crippen molar-refractivity contribution in [3.8, 4) is 5.75 Å². The molecule has 1 amide bonds. The van der Waals surface area contributed by atoms with Crippen LogP contribution >= 0.6 is 0 Å². The minimum Gasteiger partial charge on any atom is -0.492 e. The molecule has 0 aromatic heterocycles. The average molecular weight is 464 g/mol. The van der Waals surface area contributed by atoms with Gasteiger partial charge in [-0.05, 0) is 80.0 Å². The van der Waals surface area contributed by atoms with Crippen LogP contribution in [-0.4, -0.2) is 55.0 Å². The Kier molecular flexibility index (Phi) is 5.72. The maximum atomic E-state index is 13.7. The van der Waals surface area contributed by atoms with Gasteiger partial charge in [0, 0.05) is 49.9 Å². The summed E-state index contributed by atoms with van der Waals surface area (Å²) in [4.78, 5) is 17.2. The summed E-state index contributed by atoms with van der Waals surface area (Å²) < 4.78 is 19.9. The lowest BCUT2D eigenvalue weighted by Gasteiger charge is -2.36. The Balaban J connectivity index is 1.10. The van der Waals surface area contributed by atoms with Crippen LogP contribution in [0.5, 0.6) is 5.75 Å². The minimum atomic E-state index is -0.142. The number of hydrogen-bond acceptors (Lipinski definition) is 4. The number of anilines is 1. The van der Waals surface area contributed by atoms with Crippen molar-refractivity contribution in [1.82, 2.24) is 9.80 Å². The van der Waals surface area contributed by atoms with Crippen LogP contribution in [-0.2, 0) is 13.0 Å². The Labute approximate surface area is 201 Å². The molecule has 180 valence electrons. The average Bonchev–Trinajstić information content (AvgIpc) is 3.50. The summed E-state index contributed by atoms with van der Waals surface area (Å²) in [6, 6.07) is 9.53. The van der Waals surface area contributed by atoms with Crippen molar-refractivity contribution in [1.29, 1.82) is 0 Å². The third-order valence-corrected chi connectivity index (χ3v) is 8.14. The van der Waals surface area contributed by atoms with Gasteiger partial charge in [0.25, 0.3) is 5.91 Å². The van der Waals surface area contributed by atoms with Gasteiger partial charge in [0.15, 0.2) is 0 Å². The van der Waals surface area contributed by atoms with Crippen LogP contribution in [0, 0.1) is 11.7 Å². The number of nitrogens with one attached hydrogen (secondary N) is 1. The lowest BCUT2D eigenvalue weighted by molar-refractivity contribution is 0.0810. The Morgan fingerprint density at radius 3 is 2.94 bits per heavy atom. The third kappa shape index (κ3) is 4.17. The largest absolute Gasteiger partial charge is 0.492 e. The fraction of sp³-hybridized carbons (Fsp3) is 0.536. The molecule has 2 aromatic rings. The predicted molar refractivity (Wildman–Crippen MR) is 131 cm³/mol. The lowest BCUT2D eigenvalue weighted by atomic mass is 9.93. The van der Waals surface area contributed by atoms with E-state index in [1.807, 2.05) is 13.1 Å². The zero-order valence-electron chi connectivity index (χ0n) is 20.0. The molecule has 0 bridgehead atoms. The van der Waals surface area contributed by atoms with Gasteiger partial charge in [-0.15, -0.1) is 0 Å². The number of fused-ring (bicyclic) bond motifs is 4. The standard InChI is InChI=1S/C28H34FN3O2/c1-31-16-20-7-10-26-24(27(20)28(31)33)13-22(17-34-26)32(15-18-5-6-18)11-3-2-4-19-14-30-25-9-8-21(29)12-23(19)25/h7-10,12,18-19,22,30H,2-6,11,13-17H2,1H3/t19?,22-/m0/s1. The quantitative estimate of drug-likeness (QED) is 0.571. The molecule has 2 aromatic carbocycles. The Morgan fingerprint density at radius 1 is 1.21 bits per heavy atom. The molecule has 6 heteroatoms. The molecule has 3 aliphatic heterocycles. The second kappa shape index (κ2) is 8.88. The molecule has 3 heterocycles. The van der Waals surface area contributed by atoms with Crippen LogP contribution in [0.4, 0.5) is 10.1 Å². The highest BCUT2D eigenvalue weighted by Gasteiger charge is 2.36. The SMILES string of the molecule is CN1Cc2ccc3c(c2C1=O)C[C@H](N(CCCCC1CNc2ccc(F)cc21)CC1CC1)CO3. The van der Waals surface area contributed by atoms with Crippen molar-refractivity contribution < 1.29 is 13.9 Å². The van der Waals surface area contributed by atoms with Crippen LogP contribution in [0.2, 0.25) is 0 Å². The van der Waals surface area contributed by atoms with E-state index < -0.39 is 0 Å². The van der Waals surface area contributed by atoms with Crippen molar-refractivity contribution in [3.63, 3.8) is 0 Å². The van der Waals surface area contributed by atoms with Crippen molar-refractivity contribution in [2.45, 2.75) is 57.0 Å². The normalized spacial score (nSPS) is 22.9. The predicted octanol–water partition coefficient (Wildman–Crippen LogP) is 4.81. The van der Waals surface area contributed by atoms with Gasteiger partial charge < -0.3 is 15.0 Å². The number of nitrogens with zero attached hydrogens (tertiary/aromatic N) is 2. The summed E-state index contributed by atoms with van der Waals surface area (Å²) in [6.45, 7) is 4.48. The summed E-state index contributed by atoms with van der Waals surface area (Å²) in [5.74, 6) is 2.09. The van der Waals surface area contributed by atoms with Gasteiger partial charge in [-0.1, -0.05) is 12.5 Å². The topological polar surface area (TPSA) is 44.8 Å². The zero-order valence-corrected chi connectivity index (χ0v) is 20.0. The van der Waals surface area contributed by atoms with Gasteiger partial charge in [0.05, 0.1) is 5.56 Å². The van der Waals surface area contributed by atoms with E-state index in [0.717, 1.165) is 84.9 Å². The molecule has 2 atom stereocenters. The summed E-state index contributed by atoms with van der Waals surface area (Å²) in [5, 5.41) is 3.43. The van der Waals surface area contributed by atoms with E-state index >= 15 is 0 Å². The van der Waals surface area contributed by atoms with Gasteiger partial charge in [0.1, 0.15) is 18.2 Å². The number of halogens is 1. The van der Waals surface area contributed by atoms with Crippen LogP contribution < -0.4 is 10.1 Å². The highest BCUT2D eigenvalue weighted by atomic mass is 19.1. The number of carbonyl (C=O) groups is 1. The van der Waals surface area contributed by atoms with Gasteiger partial charge in [-0.3, -0.25) is 9.69 Å². The van der Waals surface area contributed by atoms with Crippen LogP contribution in [0.3, 0.4) is 0 Å². The van der Waals surface area contributed by atoms with E-state index in [2.05, 4.69) is 22.3 Å². The first-order chi connectivity index (χ1) is 16.6. The van der Waals surface area contributed by atoms with Gasteiger partial charge in [0.2, 0.25) is 0 Å². The van der Waals surface area contributed by atoms with E-state index in [9.17, 15) is 9.18 Å². The fourth-order valence-corrected chi connectivity index (χ4v) is 6.04. The molecule has 1 aliphatic carbocycles. The maximum absolute atomic E-state index is 13.7. The number of hydrogen-bond donors (Lipinski definition) is 1. The van der Waals surface area contributed by atoms with Crippen molar-refractivity contribution in [2.75, 3.05) is 38.6 Å². The van der Waals surface area contributed by atoms with Gasteiger partial charge in [-0.25, -0.2) is 4.39 Å². The molecule has 5 nitrogen and oxygen atoms in total. The molecular formula is C28H34FN3O2. The van der Waals surface area contributed by atoms with E-state index in [0.29, 0.717) is 25.1 Å². The first kappa shape index (κ1) is 21.9. The monoisotopic (exact) mass is 463 g/mol. The second-order valence-corrected chi connectivity index (χ2v) is 10.7. The molecule has 1 saturated carbocycles. The molecule has 0 saturated heterocycles. The van der Waals surface area contributed by atoms with Crippen molar-refractivity contribution in [2.24, 2.45) is 5.92 Å². The highest BCUT2D eigenvalue weighted by Crippen LogP contribution is 2.38. The number of benzene rings is 2. The van der Waals surface area contributed by atoms with E-state index in [1.54, 1.807) is 11.0 Å². The number of rotatable bonds is 8. The zero-order chi connectivity index (χ0) is 23.2. The summed E-state index contributed by atoms with van der Waals surface area (Å²) >= 11 is 0. The molecular weight excluding hydrogens is 429 g/mol. The minimum absolute atomic E-state index is 0.131. The maximum Gasteiger partial charge on any atom is 0.254 e. The Hall–Kier alpha value is -2.60. The molecule has 1 fully saturated rings.